The van der Waals surface area contributed by atoms with Crippen molar-refractivity contribution in [1.82, 2.24) is 19.6 Å². The predicted molar refractivity (Wildman–Crippen MR) is 81.1 cm³/mol. The minimum absolute atomic E-state index is 0.271. The Balaban J connectivity index is 2.42. The molecule has 0 aromatic carbocycles. The second-order valence-electron chi connectivity index (χ2n) is 5.08. The lowest BCUT2D eigenvalue weighted by atomic mass is 10.2. The Hall–Kier alpha value is -2.37. The van der Waals surface area contributed by atoms with Gasteiger partial charge in [-0.1, -0.05) is 6.92 Å². The standard InChI is InChI=1S/C14H18N6/c1-4-10-19-12-13(20(10)15)11-9(6-5-7-16-11)18-14(12)17-8(2)3/h5-8H,4,15H2,1-3H3,(H,17,18). The van der Waals surface area contributed by atoms with Crippen molar-refractivity contribution >= 4 is 27.9 Å². The summed E-state index contributed by atoms with van der Waals surface area (Å²) in [5.74, 6) is 7.76. The summed E-state index contributed by atoms with van der Waals surface area (Å²) in [6.07, 6.45) is 2.51. The van der Waals surface area contributed by atoms with E-state index >= 15 is 0 Å². The number of pyridine rings is 2. The lowest BCUT2D eigenvalue weighted by Crippen LogP contribution is -2.13. The van der Waals surface area contributed by atoms with Gasteiger partial charge >= 0.3 is 0 Å². The van der Waals surface area contributed by atoms with E-state index in [1.807, 2.05) is 19.1 Å². The highest BCUT2D eigenvalue weighted by Gasteiger charge is 2.17. The first-order valence-corrected chi connectivity index (χ1v) is 6.79. The molecular weight excluding hydrogens is 252 g/mol. The van der Waals surface area contributed by atoms with Crippen LogP contribution in [0.1, 0.15) is 26.6 Å². The molecule has 0 spiro atoms. The van der Waals surface area contributed by atoms with Gasteiger partial charge in [-0.05, 0) is 26.0 Å². The molecule has 0 aliphatic heterocycles. The molecule has 0 bridgehead atoms. The Kier molecular flexibility index (Phi) is 2.93. The molecule has 20 heavy (non-hydrogen) atoms. The Bertz CT molecular complexity index is 774. The molecule has 3 rings (SSSR count). The fourth-order valence-corrected chi connectivity index (χ4v) is 2.34. The monoisotopic (exact) mass is 270 g/mol. The zero-order valence-corrected chi connectivity index (χ0v) is 11.9. The van der Waals surface area contributed by atoms with E-state index < -0.39 is 0 Å². The van der Waals surface area contributed by atoms with Crippen molar-refractivity contribution in [3.8, 4) is 0 Å². The van der Waals surface area contributed by atoms with Crippen LogP contribution in [0.15, 0.2) is 18.3 Å². The molecule has 3 N–H and O–H groups in total. The summed E-state index contributed by atoms with van der Waals surface area (Å²) in [7, 11) is 0. The van der Waals surface area contributed by atoms with Crippen LogP contribution in [0.3, 0.4) is 0 Å². The van der Waals surface area contributed by atoms with Crippen LogP contribution in [-0.2, 0) is 6.42 Å². The summed E-state index contributed by atoms with van der Waals surface area (Å²) < 4.78 is 1.62. The summed E-state index contributed by atoms with van der Waals surface area (Å²) in [5, 5.41) is 3.33. The van der Waals surface area contributed by atoms with Crippen LogP contribution in [-0.4, -0.2) is 25.7 Å². The van der Waals surface area contributed by atoms with Gasteiger partial charge in [-0.3, -0.25) is 4.98 Å². The molecule has 3 aromatic rings. The number of hydrogen-bond donors (Lipinski definition) is 2. The number of hydrogen-bond acceptors (Lipinski definition) is 5. The van der Waals surface area contributed by atoms with Gasteiger partial charge in [-0.2, -0.15) is 0 Å². The number of imidazole rings is 1. The maximum absolute atomic E-state index is 6.17. The third kappa shape index (κ3) is 1.84. The number of rotatable bonds is 3. The Morgan fingerprint density at radius 3 is 2.80 bits per heavy atom. The molecule has 0 saturated carbocycles. The van der Waals surface area contributed by atoms with E-state index in [1.54, 1.807) is 10.9 Å². The first-order valence-electron chi connectivity index (χ1n) is 6.79. The largest absolute Gasteiger partial charge is 0.366 e. The van der Waals surface area contributed by atoms with Crippen LogP contribution in [0, 0.1) is 0 Å². The van der Waals surface area contributed by atoms with Gasteiger partial charge in [0.05, 0.1) is 5.52 Å². The Labute approximate surface area is 117 Å². The van der Waals surface area contributed by atoms with Gasteiger partial charge in [0.1, 0.15) is 22.4 Å². The summed E-state index contributed by atoms with van der Waals surface area (Å²) in [5.41, 5.74) is 3.21. The third-order valence-corrected chi connectivity index (χ3v) is 3.19. The van der Waals surface area contributed by atoms with E-state index in [0.717, 1.165) is 40.1 Å². The van der Waals surface area contributed by atoms with Gasteiger partial charge in [0.15, 0.2) is 5.82 Å². The number of nitrogens with zero attached hydrogens (tertiary/aromatic N) is 4. The van der Waals surface area contributed by atoms with E-state index in [1.165, 1.54) is 0 Å². The van der Waals surface area contributed by atoms with Gasteiger partial charge in [0.2, 0.25) is 0 Å². The van der Waals surface area contributed by atoms with Crippen LogP contribution >= 0.6 is 0 Å². The third-order valence-electron chi connectivity index (χ3n) is 3.19. The number of aromatic nitrogens is 4. The molecule has 0 aliphatic rings. The Morgan fingerprint density at radius 2 is 2.10 bits per heavy atom. The normalized spacial score (nSPS) is 11.6. The highest BCUT2D eigenvalue weighted by molar-refractivity contribution is 6.04. The van der Waals surface area contributed by atoms with E-state index in [9.17, 15) is 0 Å². The van der Waals surface area contributed by atoms with Gasteiger partial charge in [-0.15, -0.1) is 0 Å². The van der Waals surface area contributed by atoms with Gasteiger partial charge in [0, 0.05) is 18.7 Å². The molecule has 0 fully saturated rings. The number of anilines is 1. The Morgan fingerprint density at radius 1 is 1.30 bits per heavy atom. The zero-order valence-electron chi connectivity index (χ0n) is 11.9. The SMILES string of the molecule is CCc1nc2c(NC(C)C)nc3cccnc3c2n1N. The van der Waals surface area contributed by atoms with Gasteiger partial charge < -0.3 is 11.2 Å². The molecule has 0 atom stereocenters. The van der Waals surface area contributed by atoms with Crippen molar-refractivity contribution in [2.75, 3.05) is 11.2 Å². The van der Waals surface area contributed by atoms with Gasteiger partial charge in [-0.25, -0.2) is 14.6 Å². The van der Waals surface area contributed by atoms with Crippen molar-refractivity contribution in [3.05, 3.63) is 24.2 Å². The number of nitrogens with two attached hydrogens (primary N) is 1. The average Bonchev–Trinajstić information content (AvgIpc) is 2.76. The molecule has 0 radical (unpaired) electrons. The lowest BCUT2D eigenvalue weighted by molar-refractivity contribution is 0.877. The fourth-order valence-electron chi connectivity index (χ4n) is 2.34. The van der Waals surface area contributed by atoms with Crippen LogP contribution < -0.4 is 11.2 Å². The molecule has 0 saturated heterocycles. The molecule has 6 heteroatoms. The van der Waals surface area contributed by atoms with Crippen LogP contribution in [0.25, 0.3) is 22.1 Å². The highest BCUT2D eigenvalue weighted by Crippen LogP contribution is 2.28. The van der Waals surface area contributed by atoms with Crippen LogP contribution in [0.2, 0.25) is 0 Å². The molecule has 104 valence electrons. The summed E-state index contributed by atoms with van der Waals surface area (Å²) in [4.78, 5) is 13.6. The van der Waals surface area contributed by atoms with Crippen molar-refractivity contribution in [2.45, 2.75) is 33.2 Å². The smallest absolute Gasteiger partial charge is 0.155 e. The van der Waals surface area contributed by atoms with E-state index in [4.69, 9.17) is 5.84 Å². The second-order valence-corrected chi connectivity index (χ2v) is 5.08. The van der Waals surface area contributed by atoms with E-state index in [-0.39, 0.29) is 6.04 Å². The number of aryl methyl sites for hydroxylation is 1. The molecule has 0 aliphatic carbocycles. The zero-order chi connectivity index (χ0) is 14.3. The van der Waals surface area contributed by atoms with Crippen molar-refractivity contribution in [3.63, 3.8) is 0 Å². The maximum atomic E-state index is 6.17. The maximum Gasteiger partial charge on any atom is 0.155 e. The number of nitrogen functional groups attached to an aromatic ring is 1. The summed E-state index contributed by atoms with van der Waals surface area (Å²) >= 11 is 0. The highest BCUT2D eigenvalue weighted by atomic mass is 15.3. The minimum Gasteiger partial charge on any atom is -0.366 e. The predicted octanol–water partition coefficient (Wildman–Crippen LogP) is 2.08. The molecule has 0 amide bonds. The van der Waals surface area contributed by atoms with E-state index in [2.05, 4.69) is 34.1 Å². The van der Waals surface area contributed by atoms with Crippen LogP contribution in [0.4, 0.5) is 5.82 Å². The minimum atomic E-state index is 0.271. The van der Waals surface area contributed by atoms with E-state index in [0.29, 0.717) is 0 Å². The number of fused-ring (bicyclic) bond motifs is 3. The number of nitrogens with one attached hydrogen (secondary N) is 1. The first kappa shape index (κ1) is 12.7. The summed E-state index contributed by atoms with van der Waals surface area (Å²) in [6.45, 7) is 6.17. The van der Waals surface area contributed by atoms with Crippen molar-refractivity contribution in [1.29, 1.82) is 0 Å². The quantitative estimate of drug-likeness (QED) is 0.712. The fraction of sp³-hybridized carbons (Fsp3) is 0.357. The van der Waals surface area contributed by atoms with Crippen molar-refractivity contribution in [2.24, 2.45) is 0 Å². The molecule has 3 aromatic heterocycles. The first-order chi connectivity index (χ1) is 9.61. The average molecular weight is 270 g/mol. The second kappa shape index (κ2) is 4.63. The molecule has 3 heterocycles. The van der Waals surface area contributed by atoms with Crippen LogP contribution in [0.5, 0.6) is 0 Å². The topological polar surface area (TPSA) is 81.7 Å². The summed E-state index contributed by atoms with van der Waals surface area (Å²) in [6, 6.07) is 4.08. The molecule has 6 nitrogen and oxygen atoms in total. The molecular formula is C14H18N6. The van der Waals surface area contributed by atoms with Crippen molar-refractivity contribution < 1.29 is 0 Å². The lowest BCUT2D eigenvalue weighted by Gasteiger charge is -2.11. The molecule has 0 unspecified atom stereocenters. The van der Waals surface area contributed by atoms with Gasteiger partial charge in [0.25, 0.3) is 0 Å².